The van der Waals surface area contributed by atoms with Gasteiger partial charge in [-0.05, 0) is 49.3 Å². The number of aromatic hydroxyl groups is 1. The second kappa shape index (κ2) is 18.0. The number of phenols is 1. The van der Waals surface area contributed by atoms with Crippen LogP contribution in [0.15, 0.2) is 51.3 Å². The number of phenolic OH excluding ortho intramolecular Hbond substituents is 1. The fourth-order valence-corrected chi connectivity index (χ4v) is 9.61. The maximum atomic E-state index is 14.8. The predicted octanol–water partition coefficient (Wildman–Crippen LogP) is 6.45. The second-order valence-corrected chi connectivity index (χ2v) is 18.4. The summed E-state index contributed by atoms with van der Waals surface area (Å²) in [5, 5.41) is 41.9. The molecule has 0 saturated carbocycles. The molecule has 0 aliphatic carbocycles. The number of nitrogens with one attached hydrogen (secondary N) is 1. The number of hydrogen-bond acceptors (Lipinski definition) is 14. The van der Waals surface area contributed by atoms with Crippen molar-refractivity contribution in [2.45, 2.75) is 125 Å². The minimum Gasteiger partial charge on any atom is -0.505 e. The number of anilines is 1. The molecule has 62 heavy (non-hydrogen) atoms. The molecule has 2 aromatic carbocycles. The van der Waals surface area contributed by atoms with Gasteiger partial charge in [-0.2, -0.15) is 0 Å². The van der Waals surface area contributed by atoms with Gasteiger partial charge in [-0.3, -0.25) is 24.4 Å². The van der Waals surface area contributed by atoms with E-state index in [1.165, 1.54) is 20.1 Å². The predicted molar refractivity (Wildman–Crippen MR) is 234 cm³/mol. The van der Waals surface area contributed by atoms with Crippen LogP contribution in [0.5, 0.6) is 11.5 Å². The highest BCUT2D eigenvalue weighted by Crippen LogP contribution is 2.50. The van der Waals surface area contributed by atoms with Gasteiger partial charge in [0.1, 0.15) is 28.6 Å². The van der Waals surface area contributed by atoms with Crippen molar-refractivity contribution in [3.05, 3.63) is 62.9 Å². The SMILES string of the molecule is CC[C@H]1/C=C/O[C@@]2(C)Oc3c(C)c(N=O)c4c(O)c(c5c(c4c3C2=O)=NC2(CCN(CC(C)C)CC2)N=5)NC(=O)/C(C)=C\C=C\[C@H](C)[C@H](O)[C@@H](C)[C@@H](O)[C@@H](C)[C@H](OC(C)=O)[C@@H]1C. The van der Waals surface area contributed by atoms with Crippen LogP contribution in [0.2, 0.25) is 0 Å². The van der Waals surface area contributed by atoms with E-state index in [4.69, 9.17) is 24.2 Å². The molecule has 6 rings (SSSR count). The third-order valence-corrected chi connectivity index (χ3v) is 13.4. The van der Waals surface area contributed by atoms with Crippen molar-refractivity contribution in [1.82, 2.24) is 4.90 Å². The standard InChI is InChI=1S/C47H63N5O10/c1-12-31-16-21-60-46(11)44(57)34-32-33(35(51-59)27(7)43(34)62-46)41(56)38(37-36(32)49-47(50-37)17-19-52(20-18-47)22-23(2)3)48-45(58)25(5)15-13-14-24(4)39(54)28(8)40(55)29(9)42(26(31)6)61-30(10)53/h13-16,21,23-24,26,28-29,31,39-40,42,54-56H,12,17-20,22H2,1-11H3,(H,48,58)/b14-13+,21-16+,25-15-/t24-,26+,28+,29+,31-,39-,40+,42+,46-/m0/s1. The molecule has 0 unspecified atom stereocenters. The van der Waals surface area contributed by atoms with Crippen molar-refractivity contribution in [2.24, 2.45) is 50.7 Å². The Morgan fingerprint density at radius 1 is 1.02 bits per heavy atom. The molecule has 4 aliphatic heterocycles. The zero-order valence-electron chi connectivity index (χ0n) is 37.8. The number of aliphatic hydroxyl groups is 2. The summed E-state index contributed by atoms with van der Waals surface area (Å²) in [6, 6.07) is 0. The van der Waals surface area contributed by atoms with Gasteiger partial charge in [0.05, 0.1) is 34.8 Å². The van der Waals surface area contributed by atoms with Gasteiger partial charge in [-0.15, -0.1) is 4.91 Å². The van der Waals surface area contributed by atoms with E-state index in [0.29, 0.717) is 38.3 Å². The van der Waals surface area contributed by atoms with Gasteiger partial charge in [-0.1, -0.05) is 66.7 Å². The topological polar surface area (TPSA) is 209 Å². The van der Waals surface area contributed by atoms with Crippen molar-refractivity contribution in [1.29, 1.82) is 0 Å². The van der Waals surface area contributed by atoms with E-state index in [0.717, 1.165) is 6.54 Å². The lowest BCUT2D eigenvalue weighted by atomic mass is 9.76. The average molecular weight is 858 g/mol. The molecule has 0 aromatic heterocycles. The fourth-order valence-electron chi connectivity index (χ4n) is 9.61. The van der Waals surface area contributed by atoms with Crippen LogP contribution >= 0.6 is 0 Å². The van der Waals surface area contributed by atoms with E-state index < -0.39 is 70.9 Å². The molecule has 1 amide bonds. The number of carbonyl (C=O) groups is 3. The first-order valence-corrected chi connectivity index (χ1v) is 21.9. The molecule has 15 heteroatoms. The lowest BCUT2D eigenvalue weighted by Crippen LogP contribution is -2.45. The Kier molecular flexibility index (Phi) is 13.5. The van der Waals surface area contributed by atoms with Crippen LogP contribution in [-0.2, 0) is 19.1 Å². The van der Waals surface area contributed by atoms with E-state index in [2.05, 4.69) is 29.2 Å². The summed E-state index contributed by atoms with van der Waals surface area (Å²) >= 11 is 0. The third kappa shape index (κ3) is 8.55. The van der Waals surface area contributed by atoms with E-state index in [1.54, 1.807) is 58.9 Å². The molecule has 2 aromatic rings. The number of rotatable bonds is 5. The van der Waals surface area contributed by atoms with Gasteiger partial charge >= 0.3 is 11.8 Å². The number of ketones is 1. The molecular formula is C47H63N5O10. The smallest absolute Gasteiger partial charge is 0.312 e. The zero-order chi connectivity index (χ0) is 45.6. The van der Waals surface area contributed by atoms with Crippen LogP contribution in [0.25, 0.3) is 10.8 Å². The molecule has 0 radical (unpaired) electrons. The van der Waals surface area contributed by atoms with Crippen molar-refractivity contribution < 1.29 is 43.9 Å². The molecule has 15 nitrogen and oxygen atoms in total. The summed E-state index contributed by atoms with van der Waals surface area (Å²) in [5.74, 6) is -5.96. The molecule has 4 N–H and O–H groups in total. The number of nitrogens with zero attached hydrogens (tertiary/aromatic N) is 4. The summed E-state index contributed by atoms with van der Waals surface area (Å²) < 4.78 is 18.4. The van der Waals surface area contributed by atoms with Crippen LogP contribution in [0, 0.1) is 47.3 Å². The van der Waals surface area contributed by atoms with Crippen molar-refractivity contribution in [2.75, 3.05) is 25.0 Å². The molecule has 1 spiro atoms. The molecule has 4 bridgehead atoms. The van der Waals surface area contributed by atoms with Crippen LogP contribution in [-0.4, -0.2) is 87.3 Å². The Labute approximate surface area is 363 Å². The van der Waals surface area contributed by atoms with Gasteiger partial charge in [0.2, 0.25) is 0 Å². The molecule has 4 aliphatic rings. The van der Waals surface area contributed by atoms with E-state index in [-0.39, 0.29) is 67.1 Å². The Morgan fingerprint density at radius 2 is 1.68 bits per heavy atom. The van der Waals surface area contributed by atoms with E-state index in [1.807, 2.05) is 13.8 Å². The number of aliphatic hydroxyl groups excluding tert-OH is 2. The number of fused-ring (bicyclic) bond motifs is 1. The number of hydrogen-bond donors (Lipinski definition) is 4. The average Bonchev–Trinajstić information content (AvgIpc) is 3.73. The Balaban J connectivity index is 1.56. The molecular weight excluding hydrogens is 795 g/mol. The monoisotopic (exact) mass is 857 g/mol. The van der Waals surface area contributed by atoms with Gasteiger partial charge in [0.25, 0.3) is 11.7 Å². The lowest BCUT2D eigenvalue weighted by Gasteiger charge is -2.38. The van der Waals surface area contributed by atoms with Crippen LogP contribution in [0.1, 0.15) is 104 Å². The Bertz CT molecular complexity index is 2350. The number of Topliss-reactive ketones (excluding diaryl/α,β-unsaturated/α-hetero) is 1. The maximum Gasteiger partial charge on any atom is 0.312 e. The van der Waals surface area contributed by atoms with Crippen molar-refractivity contribution in [3.63, 3.8) is 0 Å². The molecule has 336 valence electrons. The van der Waals surface area contributed by atoms with Gasteiger partial charge in [0.15, 0.2) is 11.4 Å². The highest BCUT2D eigenvalue weighted by atomic mass is 16.7. The highest BCUT2D eigenvalue weighted by molar-refractivity contribution is 6.20. The zero-order valence-corrected chi connectivity index (χ0v) is 37.8. The first-order valence-electron chi connectivity index (χ1n) is 21.9. The maximum absolute atomic E-state index is 14.8. The number of allylic oxidation sites excluding steroid dienone is 3. The second-order valence-electron chi connectivity index (χ2n) is 18.4. The largest absolute Gasteiger partial charge is 0.505 e. The van der Waals surface area contributed by atoms with Crippen LogP contribution in [0.4, 0.5) is 11.4 Å². The number of ether oxygens (including phenoxy) is 3. The number of likely N-dealkylation sites (tertiary alicyclic amines) is 1. The number of nitroso groups, excluding NO2 is 1. The summed E-state index contributed by atoms with van der Waals surface area (Å²) in [6.45, 7) is 21.7. The summed E-state index contributed by atoms with van der Waals surface area (Å²) in [4.78, 5) is 66.7. The normalized spacial score (nSPS) is 32.3. The number of carbonyl (C=O) groups excluding carboxylic acids is 3. The minimum atomic E-state index is -1.94. The molecule has 1 fully saturated rings. The van der Waals surface area contributed by atoms with Gasteiger partial charge in [-0.25, -0.2) is 0 Å². The van der Waals surface area contributed by atoms with Crippen molar-refractivity contribution in [3.8, 4) is 11.5 Å². The Morgan fingerprint density at radius 3 is 2.29 bits per heavy atom. The summed E-state index contributed by atoms with van der Waals surface area (Å²) in [5.41, 5.74) is -0.775. The molecule has 9 atom stereocenters. The van der Waals surface area contributed by atoms with Crippen LogP contribution < -0.4 is 20.8 Å². The van der Waals surface area contributed by atoms with Crippen LogP contribution in [0.3, 0.4) is 0 Å². The van der Waals surface area contributed by atoms with Gasteiger partial charge < -0.3 is 39.7 Å². The number of amides is 1. The van der Waals surface area contributed by atoms with E-state index in [9.17, 15) is 34.6 Å². The number of benzene rings is 2. The summed E-state index contributed by atoms with van der Waals surface area (Å²) in [7, 11) is 0. The summed E-state index contributed by atoms with van der Waals surface area (Å²) in [6.07, 6.45) is 6.86. The lowest BCUT2D eigenvalue weighted by molar-refractivity contribution is -0.158. The Hall–Kier alpha value is -4.99. The van der Waals surface area contributed by atoms with Crippen molar-refractivity contribution >= 4 is 39.8 Å². The fraction of sp³-hybridized carbons (Fsp3) is 0.596. The minimum absolute atomic E-state index is 0.0395. The van der Waals surface area contributed by atoms with Gasteiger partial charge in [0, 0.05) is 80.6 Å². The third-order valence-electron chi connectivity index (χ3n) is 13.4. The van der Waals surface area contributed by atoms with E-state index >= 15 is 0 Å². The highest BCUT2D eigenvalue weighted by Gasteiger charge is 2.50. The molecule has 4 heterocycles. The first-order chi connectivity index (χ1) is 29.2. The number of piperidine rings is 1. The first kappa shape index (κ1) is 46.5. The number of esters is 1. The molecule has 1 saturated heterocycles. The quantitative estimate of drug-likeness (QED) is 0.146.